The van der Waals surface area contributed by atoms with Gasteiger partial charge in [0, 0.05) is 29.4 Å². The molecule has 0 saturated heterocycles. The van der Waals surface area contributed by atoms with Crippen LogP contribution in [0.25, 0.3) is 10.9 Å². The SMILES string of the molecule is CCC1c2ccccc2CCN1c1nccc2c(C)c(C)n(Cc3ccccc3F)c12.Cl. The third-order valence-corrected chi connectivity index (χ3v) is 6.88. The van der Waals surface area contributed by atoms with E-state index in [4.69, 9.17) is 4.98 Å². The van der Waals surface area contributed by atoms with E-state index in [-0.39, 0.29) is 18.2 Å². The number of aryl methyl sites for hydroxylation is 1. The van der Waals surface area contributed by atoms with Crippen LogP contribution in [-0.4, -0.2) is 16.1 Å². The van der Waals surface area contributed by atoms with E-state index in [1.807, 2.05) is 18.3 Å². The summed E-state index contributed by atoms with van der Waals surface area (Å²) < 4.78 is 16.8. The monoisotopic (exact) mass is 449 g/mol. The van der Waals surface area contributed by atoms with E-state index in [0.29, 0.717) is 18.2 Å². The topological polar surface area (TPSA) is 21.1 Å². The molecule has 1 unspecified atom stereocenters. The molecule has 2 aromatic heterocycles. The van der Waals surface area contributed by atoms with Crippen LogP contribution in [0.3, 0.4) is 0 Å². The average Bonchev–Trinajstić information content (AvgIpc) is 3.04. The molecule has 0 spiro atoms. The number of pyridine rings is 1. The second-order valence-electron chi connectivity index (χ2n) is 8.48. The molecule has 5 rings (SSSR count). The van der Waals surface area contributed by atoms with E-state index in [9.17, 15) is 4.39 Å². The van der Waals surface area contributed by atoms with Crippen LogP contribution in [0.1, 0.15) is 47.3 Å². The van der Waals surface area contributed by atoms with Gasteiger partial charge in [0.1, 0.15) is 5.82 Å². The van der Waals surface area contributed by atoms with Crippen molar-refractivity contribution < 1.29 is 4.39 Å². The Bertz CT molecular complexity index is 1260. The summed E-state index contributed by atoms with van der Waals surface area (Å²) >= 11 is 0. The summed E-state index contributed by atoms with van der Waals surface area (Å²) in [4.78, 5) is 7.35. The molecule has 1 aliphatic rings. The van der Waals surface area contributed by atoms with Gasteiger partial charge in [0.15, 0.2) is 5.82 Å². The van der Waals surface area contributed by atoms with Gasteiger partial charge in [-0.25, -0.2) is 9.37 Å². The minimum atomic E-state index is -0.162. The fourth-order valence-electron chi connectivity index (χ4n) is 5.13. The molecule has 32 heavy (non-hydrogen) atoms. The molecule has 1 atom stereocenters. The molecule has 0 saturated carbocycles. The maximum Gasteiger partial charge on any atom is 0.153 e. The normalized spacial score (nSPS) is 15.5. The molecule has 2 aromatic carbocycles. The van der Waals surface area contributed by atoms with Gasteiger partial charge in [0.2, 0.25) is 0 Å². The minimum Gasteiger partial charge on any atom is -0.347 e. The molecular weight excluding hydrogens is 421 g/mol. The Balaban J connectivity index is 0.00000245. The smallest absolute Gasteiger partial charge is 0.153 e. The predicted molar refractivity (Wildman–Crippen MR) is 132 cm³/mol. The van der Waals surface area contributed by atoms with Crippen molar-refractivity contribution in [1.29, 1.82) is 0 Å². The van der Waals surface area contributed by atoms with E-state index < -0.39 is 0 Å². The van der Waals surface area contributed by atoms with Gasteiger partial charge < -0.3 is 9.47 Å². The molecule has 0 amide bonds. The van der Waals surface area contributed by atoms with Crippen LogP contribution in [0.5, 0.6) is 0 Å². The highest BCUT2D eigenvalue weighted by Gasteiger charge is 2.29. The molecule has 0 aliphatic carbocycles. The van der Waals surface area contributed by atoms with Crippen molar-refractivity contribution in [2.75, 3.05) is 11.4 Å². The third-order valence-electron chi connectivity index (χ3n) is 6.88. The average molecular weight is 450 g/mol. The van der Waals surface area contributed by atoms with Crippen LogP contribution in [0.15, 0.2) is 60.8 Å². The van der Waals surface area contributed by atoms with Gasteiger partial charge in [-0.3, -0.25) is 0 Å². The highest BCUT2D eigenvalue weighted by molar-refractivity contribution is 5.94. The number of halogens is 2. The Morgan fingerprint density at radius 2 is 1.78 bits per heavy atom. The Morgan fingerprint density at radius 1 is 1.03 bits per heavy atom. The summed E-state index contributed by atoms with van der Waals surface area (Å²) in [6.07, 6.45) is 3.95. The van der Waals surface area contributed by atoms with E-state index in [1.165, 1.54) is 28.1 Å². The third kappa shape index (κ3) is 3.57. The molecule has 0 N–H and O–H groups in total. The van der Waals surface area contributed by atoms with Crippen LogP contribution >= 0.6 is 12.4 Å². The lowest BCUT2D eigenvalue weighted by atomic mass is 9.91. The number of rotatable bonds is 4. The summed E-state index contributed by atoms with van der Waals surface area (Å²) in [5.41, 5.74) is 7.05. The second-order valence-corrected chi connectivity index (χ2v) is 8.48. The van der Waals surface area contributed by atoms with Gasteiger partial charge in [-0.2, -0.15) is 0 Å². The number of aromatic nitrogens is 2. The van der Waals surface area contributed by atoms with Gasteiger partial charge in [0.25, 0.3) is 0 Å². The lowest BCUT2D eigenvalue weighted by molar-refractivity contribution is 0.562. The highest BCUT2D eigenvalue weighted by Crippen LogP contribution is 2.39. The highest BCUT2D eigenvalue weighted by atomic mass is 35.5. The first kappa shape index (κ1) is 22.3. The fourth-order valence-corrected chi connectivity index (χ4v) is 5.13. The van der Waals surface area contributed by atoms with Crippen molar-refractivity contribution in [3.05, 3.63) is 94.6 Å². The maximum atomic E-state index is 14.5. The summed E-state index contributed by atoms with van der Waals surface area (Å²) in [6.45, 7) is 7.97. The summed E-state index contributed by atoms with van der Waals surface area (Å²) in [7, 11) is 0. The maximum absolute atomic E-state index is 14.5. The molecule has 1 aliphatic heterocycles. The molecule has 5 heteroatoms. The minimum absolute atomic E-state index is 0. The predicted octanol–water partition coefficient (Wildman–Crippen LogP) is 6.78. The Hall–Kier alpha value is -2.85. The zero-order valence-electron chi connectivity index (χ0n) is 18.8. The number of hydrogen-bond acceptors (Lipinski definition) is 2. The molecule has 166 valence electrons. The molecule has 3 heterocycles. The molecule has 3 nitrogen and oxygen atoms in total. The zero-order chi connectivity index (χ0) is 21.5. The van der Waals surface area contributed by atoms with Gasteiger partial charge in [-0.05, 0) is 55.5 Å². The van der Waals surface area contributed by atoms with Crippen LogP contribution in [-0.2, 0) is 13.0 Å². The molecule has 0 radical (unpaired) electrons. The summed E-state index contributed by atoms with van der Waals surface area (Å²) in [6, 6.07) is 18.2. The van der Waals surface area contributed by atoms with Crippen molar-refractivity contribution in [2.45, 2.75) is 46.2 Å². The second kappa shape index (κ2) is 8.95. The van der Waals surface area contributed by atoms with Crippen LogP contribution in [0.2, 0.25) is 0 Å². The van der Waals surface area contributed by atoms with Gasteiger partial charge in [-0.15, -0.1) is 12.4 Å². The van der Waals surface area contributed by atoms with Gasteiger partial charge in [0.05, 0.1) is 18.1 Å². The zero-order valence-corrected chi connectivity index (χ0v) is 19.6. The van der Waals surface area contributed by atoms with Gasteiger partial charge >= 0.3 is 0 Å². The summed E-state index contributed by atoms with van der Waals surface area (Å²) in [5, 5.41) is 1.20. The quantitative estimate of drug-likeness (QED) is 0.342. The van der Waals surface area contributed by atoms with Gasteiger partial charge in [-0.1, -0.05) is 49.4 Å². The molecule has 4 aromatic rings. The van der Waals surface area contributed by atoms with E-state index >= 15 is 0 Å². The lowest BCUT2D eigenvalue weighted by Crippen LogP contribution is -2.36. The van der Waals surface area contributed by atoms with Crippen molar-refractivity contribution in [3.8, 4) is 0 Å². The standard InChI is InChI=1S/C27H28FN3.ClH/c1-4-25-23-11-7-5-9-20(23)14-16-30(25)27-26-22(13-15-29-27)18(2)19(3)31(26)17-21-10-6-8-12-24(21)28;/h5-13,15,25H,4,14,16-17H2,1-3H3;1H. The van der Waals surface area contributed by atoms with Crippen LogP contribution in [0.4, 0.5) is 10.2 Å². The first-order chi connectivity index (χ1) is 15.1. The van der Waals surface area contributed by atoms with E-state index in [2.05, 4.69) is 60.6 Å². The van der Waals surface area contributed by atoms with E-state index in [1.54, 1.807) is 6.07 Å². The Morgan fingerprint density at radius 3 is 2.56 bits per heavy atom. The molecule has 0 bridgehead atoms. The van der Waals surface area contributed by atoms with Crippen molar-refractivity contribution in [1.82, 2.24) is 9.55 Å². The van der Waals surface area contributed by atoms with E-state index in [0.717, 1.165) is 36.4 Å². The fraction of sp³-hybridized carbons (Fsp3) is 0.296. The largest absolute Gasteiger partial charge is 0.347 e. The number of benzene rings is 2. The van der Waals surface area contributed by atoms with Crippen molar-refractivity contribution in [3.63, 3.8) is 0 Å². The Kier molecular flexibility index (Phi) is 6.25. The summed E-state index contributed by atoms with van der Waals surface area (Å²) in [5.74, 6) is 0.844. The molecular formula is C27H29ClFN3. The number of fused-ring (bicyclic) bond motifs is 2. The van der Waals surface area contributed by atoms with Crippen LogP contribution in [0, 0.1) is 19.7 Å². The Labute approximate surface area is 195 Å². The first-order valence-corrected chi connectivity index (χ1v) is 11.1. The lowest BCUT2D eigenvalue weighted by Gasteiger charge is -2.38. The number of anilines is 1. The first-order valence-electron chi connectivity index (χ1n) is 11.1. The van der Waals surface area contributed by atoms with Crippen molar-refractivity contribution >= 4 is 29.1 Å². The number of hydrogen-bond donors (Lipinski definition) is 0. The molecule has 0 fully saturated rings. The number of nitrogens with zero attached hydrogens (tertiary/aromatic N) is 3. The van der Waals surface area contributed by atoms with Crippen molar-refractivity contribution in [2.24, 2.45) is 0 Å². The van der Waals surface area contributed by atoms with Crippen LogP contribution < -0.4 is 4.90 Å².